The molecule has 0 saturated carbocycles. The van der Waals surface area contributed by atoms with Gasteiger partial charge >= 0.3 is 0 Å². The molecule has 0 saturated heterocycles. The Balaban J connectivity index is 2.16. The Kier molecular flexibility index (Phi) is 4.35. The molecule has 0 spiro atoms. The Bertz CT molecular complexity index is 511. The number of rotatable bonds is 3. The first-order chi connectivity index (χ1) is 9.26. The molecule has 98 valence electrons. The van der Waals surface area contributed by atoms with Crippen LogP contribution in [-0.4, -0.2) is 12.5 Å². The largest absolute Gasteiger partial charge is 0.312 e. The maximum Gasteiger partial charge on any atom is 0.230 e. The summed E-state index contributed by atoms with van der Waals surface area (Å²) in [5.41, 5.74) is 1.49. The zero-order valence-corrected chi connectivity index (χ0v) is 11.2. The lowest BCUT2D eigenvalue weighted by atomic mass is 9.93. The molecule has 1 aliphatic carbocycles. The van der Waals surface area contributed by atoms with Crippen LogP contribution in [0.25, 0.3) is 0 Å². The fourth-order valence-corrected chi connectivity index (χ4v) is 2.42. The van der Waals surface area contributed by atoms with E-state index in [4.69, 9.17) is 5.26 Å². The van der Waals surface area contributed by atoms with E-state index >= 15 is 0 Å². The number of amides is 1. The van der Waals surface area contributed by atoms with Crippen LogP contribution in [0.1, 0.15) is 31.7 Å². The molecule has 2 rings (SSSR count). The molecular weight excluding hydrogens is 236 g/mol. The van der Waals surface area contributed by atoms with Crippen molar-refractivity contribution < 1.29 is 4.79 Å². The van der Waals surface area contributed by atoms with Gasteiger partial charge in [-0.25, -0.2) is 0 Å². The van der Waals surface area contributed by atoms with Gasteiger partial charge in [-0.1, -0.05) is 12.2 Å². The minimum atomic E-state index is 0.0978. The topological polar surface area (TPSA) is 44.1 Å². The number of hydrogen-bond acceptors (Lipinski definition) is 2. The molecule has 1 aliphatic rings. The van der Waals surface area contributed by atoms with Crippen molar-refractivity contribution in [2.75, 3.05) is 11.4 Å². The van der Waals surface area contributed by atoms with E-state index in [-0.39, 0.29) is 11.8 Å². The van der Waals surface area contributed by atoms with Gasteiger partial charge in [0.05, 0.1) is 11.6 Å². The van der Waals surface area contributed by atoms with E-state index in [1.807, 2.05) is 24.0 Å². The number of nitrogens with zero attached hydrogens (tertiary/aromatic N) is 2. The number of hydrogen-bond donors (Lipinski definition) is 0. The molecule has 1 aromatic rings. The molecule has 0 fully saturated rings. The average molecular weight is 254 g/mol. The number of anilines is 1. The fourth-order valence-electron chi connectivity index (χ4n) is 2.42. The molecule has 0 aliphatic heterocycles. The molecule has 3 heteroatoms. The smallest absolute Gasteiger partial charge is 0.230 e. The lowest BCUT2D eigenvalue weighted by molar-refractivity contribution is -0.122. The highest BCUT2D eigenvalue weighted by Gasteiger charge is 2.24. The minimum absolute atomic E-state index is 0.0978. The van der Waals surface area contributed by atoms with Crippen molar-refractivity contribution in [1.29, 1.82) is 5.26 Å². The second-order valence-electron chi connectivity index (χ2n) is 4.72. The van der Waals surface area contributed by atoms with Gasteiger partial charge < -0.3 is 4.90 Å². The molecule has 0 bridgehead atoms. The third kappa shape index (κ3) is 3.03. The second kappa shape index (κ2) is 6.19. The fraction of sp³-hybridized carbons (Fsp3) is 0.375. The number of carbonyl (C=O) groups is 1. The molecule has 0 radical (unpaired) electrons. The molecule has 0 N–H and O–H groups in total. The van der Waals surface area contributed by atoms with Crippen molar-refractivity contribution in [2.45, 2.75) is 26.2 Å². The summed E-state index contributed by atoms with van der Waals surface area (Å²) in [7, 11) is 0. The van der Waals surface area contributed by atoms with Crippen molar-refractivity contribution in [3.8, 4) is 6.07 Å². The molecule has 0 aromatic heterocycles. The van der Waals surface area contributed by atoms with Gasteiger partial charge in [0.1, 0.15) is 0 Å². The van der Waals surface area contributed by atoms with Crippen molar-refractivity contribution in [1.82, 2.24) is 0 Å². The number of allylic oxidation sites excluding steroid dienone is 2. The molecule has 1 atom stereocenters. The molecule has 19 heavy (non-hydrogen) atoms. The predicted molar refractivity (Wildman–Crippen MR) is 75.7 cm³/mol. The van der Waals surface area contributed by atoms with Gasteiger partial charge in [0, 0.05) is 18.2 Å². The Morgan fingerprint density at radius 1 is 1.37 bits per heavy atom. The van der Waals surface area contributed by atoms with Crippen LogP contribution in [-0.2, 0) is 4.79 Å². The van der Waals surface area contributed by atoms with E-state index in [0.29, 0.717) is 12.1 Å². The van der Waals surface area contributed by atoms with Crippen LogP contribution in [0, 0.1) is 17.2 Å². The zero-order valence-electron chi connectivity index (χ0n) is 11.2. The number of benzene rings is 1. The van der Waals surface area contributed by atoms with Gasteiger partial charge in [-0.2, -0.15) is 5.26 Å². The van der Waals surface area contributed by atoms with Crippen molar-refractivity contribution in [3.63, 3.8) is 0 Å². The monoisotopic (exact) mass is 254 g/mol. The van der Waals surface area contributed by atoms with Crippen molar-refractivity contribution in [2.24, 2.45) is 5.92 Å². The van der Waals surface area contributed by atoms with Gasteiger partial charge in [-0.3, -0.25) is 4.79 Å². The Morgan fingerprint density at radius 3 is 2.63 bits per heavy atom. The molecule has 1 amide bonds. The first kappa shape index (κ1) is 13.4. The molecule has 0 heterocycles. The number of nitriles is 1. The van der Waals surface area contributed by atoms with Crippen LogP contribution < -0.4 is 4.90 Å². The van der Waals surface area contributed by atoms with E-state index in [2.05, 4.69) is 18.2 Å². The van der Waals surface area contributed by atoms with Crippen LogP contribution in [0.15, 0.2) is 36.4 Å². The Hall–Kier alpha value is -2.08. The highest BCUT2D eigenvalue weighted by Crippen LogP contribution is 2.24. The Morgan fingerprint density at radius 2 is 2.11 bits per heavy atom. The standard InChI is InChI=1S/C16H18N2O/c1-2-18(15-10-8-13(12-17)9-11-15)16(19)14-6-4-3-5-7-14/h3-4,8-11,14H,2,5-7H2,1H3/t14-/m1/s1. The summed E-state index contributed by atoms with van der Waals surface area (Å²) >= 11 is 0. The summed E-state index contributed by atoms with van der Waals surface area (Å²) in [6.45, 7) is 2.64. The van der Waals surface area contributed by atoms with Crippen LogP contribution in [0.4, 0.5) is 5.69 Å². The summed E-state index contributed by atoms with van der Waals surface area (Å²) in [6.07, 6.45) is 7.00. The van der Waals surface area contributed by atoms with Gasteiger partial charge in [-0.15, -0.1) is 0 Å². The summed E-state index contributed by atoms with van der Waals surface area (Å²) < 4.78 is 0. The first-order valence-corrected chi connectivity index (χ1v) is 6.72. The maximum atomic E-state index is 12.5. The van der Waals surface area contributed by atoms with Crippen molar-refractivity contribution in [3.05, 3.63) is 42.0 Å². The van der Waals surface area contributed by atoms with Crippen LogP contribution in [0.5, 0.6) is 0 Å². The second-order valence-corrected chi connectivity index (χ2v) is 4.72. The van der Waals surface area contributed by atoms with Gasteiger partial charge in [0.25, 0.3) is 0 Å². The zero-order chi connectivity index (χ0) is 13.7. The van der Waals surface area contributed by atoms with E-state index < -0.39 is 0 Å². The third-order valence-electron chi connectivity index (χ3n) is 3.51. The predicted octanol–water partition coefficient (Wildman–Crippen LogP) is 3.27. The number of carbonyl (C=O) groups excluding carboxylic acids is 1. The maximum absolute atomic E-state index is 12.5. The average Bonchev–Trinajstić information content (AvgIpc) is 2.49. The highest BCUT2D eigenvalue weighted by molar-refractivity contribution is 5.95. The van der Waals surface area contributed by atoms with Crippen LogP contribution in [0.3, 0.4) is 0 Å². The molecule has 1 aromatic carbocycles. The van der Waals surface area contributed by atoms with Crippen LogP contribution in [0.2, 0.25) is 0 Å². The Labute approximate surface area is 114 Å². The summed E-state index contributed by atoms with van der Waals surface area (Å²) in [6, 6.07) is 9.29. The third-order valence-corrected chi connectivity index (χ3v) is 3.51. The lowest BCUT2D eigenvalue weighted by Crippen LogP contribution is -2.36. The molecule has 0 unspecified atom stereocenters. The van der Waals surface area contributed by atoms with Gasteiger partial charge in [0.2, 0.25) is 5.91 Å². The van der Waals surface area contributed by atoms with E-state index in [1.54, 1.807) is 12.1 Å². The SMILES string of the molecule is CCN(C(=O)[C@@H]1CC=CCC1)c1ccc(C#N)cc1. The molecule has 3 nitrogen and oxygen atoms in total. The van der Waals surface area contributed by atoms with E-state index in [0.717, 1.165) is 24.9 Å². The summed E-state index contributed by atoms with van der Waals surface area (Å²) in [5, 5.41) is 8.80. The van der Waals surface area contributed by atoms with Gasteiger partial charge in [0.15, 0.2) is 0 Å². The molecular formula is C16H18N2O. The highest BCUT2D eigenvalue weighted by atomic mass is 16.2. The summed E-state index contributed by atoms with van der Waals surface area (Å²) in [4.78, 5) is 14.3. The lowest BCUT2D eigenvalue weighted by Gasteiger charge is -2.27. The normalized spacial score (nSPS) is 17.8. The van der Waals surface area contributed by atoms with E-state index in [9.17, 15) is 4.79 Å². The summed E-state index contributed by atoms with van der Waals surface area (Å²) in [5.74, 6) is 0.289. The quantitative estimate of drug-likeness (QED) is 0.777. The van der Waals surface area contributed by atoms with Crippen molar-refractivity contribution >= 4 is 11.6 Å². The van der Waals surface area contributed by atoms with E-state index in [1.165, 1.54) is 0 Å². The minimum Gasteiger partial charge on any atom is -0.312 e. The first-order valence-electron chi connectivity index (χ1n) is 6.72. The van der Waals surface area contributed by atoms with Crippen LogP contribution >= 0.6 is 0 Å². The van der Waals surface area contributed by atoms with Gasteiger partial charge in [-0.05, 0) is 50.5 Å².